The van der Waals surface area contributed by atoms with Crippen LogP contribution in [0.15, 0.2) is 140 Å². The van der Waals surface area contributed by atoms with Crippen molar-refractivity contribution in [3.05, 3.63) is 142 Å². The van der Waals surface area contributed by atoms with Crippen LogP contribution < -0.4 is 15.9 Å². The van der Waals surface area contributed by atoms with Crippen molar-refractivity contribution >= 4 is 63.0 Å². The van der Waals surface area contributed by atoms with E-state index in [1.807, 2.05) is 19.1 Å². The van der Waals surface area contributed by atoms with Gasteiger partial charge in [-0.15, -0.1) is 0 Å². The molecule has 1 fully saturated rings. The van der Waals surface area contributed by atoms with Gasteiger partial charge in [-0.25, -0.2) is 0 Å². The van der Waals surface area contributed by atoms with Crippen LogP contribution in [0.5, 0.6) is 0 Å². The molecule has 2 aliphatic rings. The first-order valence-electron chi connectivity index (χ1n) is 17.3. The average Bonchev–Trinajstić information content (AvgIpc) is 3.94. The second-order valence-electron chi connectivity index (χ2n) is 12.9. The second kappa shape index (κ2) is 16.0. The van der Waals surface area contributed by atoms with E-state index in [2.05, 4.69) is 140 Å². The van der Waals surface area contributed by atoms with Crippen LogP contribution in [0.2, 0.25) is 0 Å². The van der Waals surface area contributed by atoms with Gasteiger partial charge in [-0.05, 0) is 0 Å². The molecule has 0 unspecified atom stereocenters. The van der Waals surface area contributed by atoms with Crippen LogP contribution in [-0.2, 0) is 40.6 Å². The third kappa shape index (κ3) is 6.73. The zero-order valence-corrected chi connectivity index (χ0v) is 33.8. The van der Waals surface area contributed by atoms with Gasteiger partial charge in [0.05, 0.1) is 0 Å². The molecule has 1 saturated heterocycles. The van der Waals surface area contributed by atoms with Crippen molar-refractivity contribution in [2.75, 3.05) is 13.2 Å². The quantitative estimate of drug-likeness (QED) is 0.113. The summed E-state index contributed by atoms with van der Waals surface area (Å²) in [6, 6.07) is 32.6. The number of allylic oxidation sites excluding steroid dienone is 5. The first-order chi connectivity index (χ1) is 25.5. The van der Waals surface area contributed by atoms with E-state index in [9.17, 15) is 0 Å². The summed E-state index contributed by atoms with van der Waals surface area (Å²) in [6.45, 7) is 10.2. The minimum absolute atomic E-state index is 0.374. The molecule has 0 N–H and O–H groups in total. The van der Waals surface area contributed by atoms with Crippen molar-refractivity contribution in [3.63, 3.8) is 0 Å². The molecule has 5 aromatic rings. The summed E-state index contributed by atoms with van der Waals surface area (Å²) >= 11 is 2.94. The molecule has 0 atom stereocenters. The third-order valence-electron chi connectivity index (χ3n) is 9.01. The molecule has 4 aromatic carbocycles. The van der Waals surface area contributed by atoms with Crippen LogP contribution in [0.3, 0.4) is 0 Å². The molecule has 1 aromatic heterocycles. The molecule has 0 bridgehead atoms. The van der Waals surface area contributed by atoms with E-state index < -0.39 is 7.26 Å². The molecule has 0 amide bonds. The van der Waals surface area contributed by atoms with E-state index in [1.54, 1.807) is 22.7 Å². The Hall–Kier alpha value is -4.57. The molecule has 0 saturated carbocycles. The molecular weight excluding hydrogens is 856 g/mol. The molecular formula is C43H38N5OOsPS+. The van der Waals surface area contributed by atoms with Crippen molar-refractivity contribution in [2.24, 2.45) is 14.6 Å². The molecule has 259 valence electrons. The Morgan fingerprint density at radius 3 is 1.98 bits per heavy atom. The number of benzene rings is 4. The van der Waals surface area contributed by atoms with Crippen molar-refractivity contribution in [3.8, 4) is 16.2 Å². The van der Waals surface area contributed by atoms with Crippen molar-refractivity contribution in [1.29, 1.82) is 0 Å². The normalized spacial score (nSPS) is 15.9. The molecule has 0 aliphatic carbocycles. The average molecular weight is 894 g/mol. The van der Waals surface area contributed by atoms with Gasteiger partial charge in [0, 0.05) is 0 Å². The topological polar surface area (TPSA) is 64.7 Å². The van der Waals surface area contributed by atoms with Crippen molar-refractivity contribution in [2.45, 2.75) is 34.2 Å². The van der Waals surface area contributed by atoms with Gasteiger partial charge in [0.15, 0.2) is 0 Å². The first-order valence-corrected chi connectivity index (χ1v) is 21.1. The summed E-state index contributed by atoms with van der Waals surface area (Å²) in [7, 11) is -2.54. The minimum atomic E-state index is -2.54. The Balaban J connectivity index is 1.60. The van der Waals surface area contributed by atoms with Gasteiger partial charge in [0.25, 0.3) is 0 Å². The zero-order chi connectivity index (χ0) is 36.1. The standard InChI is InChI=1S/C43H38N5OPS.Os/c1-6-17-38-40-41(45-48(44-40)27-30(3)4)39(43-42(38)46-51-47-43)25-24-33(26-34-29-49-28-32(34)7-2)31(5)50(35-18-11-8-12-19-35,36-20-13-9-14-21-36)37-22-15-10-16-23-37;/h6-23,26,30H,27-29H2,1-4H3;/q+1;/b17-6+,32-7?,33-31?,34-26?;. The molecule has 9 heteroatoms. The van der Waals surface area contributed by atoms with Crippen LogP contribution >= 0.6 is 7.26 Å². The van der Waals surface area contributed by atoms with Crippen LogP contribution in [0.1, 0.15) is 38.8 Å². The van der Waals surface area contributed by atoms with Gasteiger partial charge in [0.2, 0.25) is 0 Å². The third-order valence-corrected chi connectivity index (χ3v) is 14.9. The Morgan fingerprint density at radius 1 is 0.846 bits per heavy atom. The van der Waals surface area contributed by atoms with Gasteiger partial charge >= 0.3 is 321 Å². The molecule has 7 rings (SSSR count). The van der Waals surface area contributed by atoms with Crippen molar-refractivity contribution in [1.82, 2.24) is 15.0 Å². The summed E-state index contributed by atoms with van der Waals surface area (Å²) in [4.78, 5) is 1.79. The summed E-state index contributed by atoms with van der Waals surface area (Å²) in [5, 5.41) is 14.8. The summed E-state index contributed by atoms with van der Waals surface area (Å²) in [5.41, 5.74) is 7.86. The molecule has 52 heavy (non-hydrogen) atoms. The Labute approximate surface area is 319 Å². The van der Waals surface area contributed by atoms with Crippen molar-refractivity contribution < 1.29 is 22.7 Å². The predicted molar refractivity (Wildman–Crippen MR) is 214 cm³/mol. The monoisotopic (exact) mass is 895 g/mol. The Morgan fingerprint density at radius 2 is 1.42 bits per heavy atom. The number of hydrogen-bond donors (Lipinski definition) is 0. The van der Waals surface area contributed by atoms with E-state index in [0.29, 0.717) is 25.7 Å². The predicted octanol–water partition coefficient (Wildman–Crippen LogP) is 8.86. The number of fused-ring (bicyclic) bond motifs is 2. The van der Waals surface area contributed by atoms with Crippen LogP contribution in [0.4, 0.5) is 11.4 Å². The number of rotatable bonds is 8. The van der Waals surface area contributed by atoms with Crippen LogP contribution in [0, 0.1) is 22.1 Å². The van der Waals surface area contributed by atoms with E-state index in [0.717, 1.165) is 50.0 Å². The van der Waals surface area contributed by atoms with Crippen LogP contribution in [0.25, 0.3) is 17.1 Å². The van der Waals surface area contributed by atoms with Gasteiger partial charge in [-0.2, -0.15) is 0 Å². The van der Waals surface area contributed by atoms with Gasteiger partial charge in [0.1, 0.15) is 0 Å². The van der Waals surface area contributed by atoms with Gasteiger partial charge in [-0.3, -0.25) is 0 Å². The molecule has 3 heterocycles. The van der Waals surface area contributed by atoms with Gasteiger partial charge < -0.3 is 0 Å². The van der Waals surface area contributed by atoms with E-state index in [1.165, 1.54) is 32.8 Å². The molecule has 0 radical (unpaired) electrons. The first kappa shape index (κ1) is 35.8. The summed E-state index contributed by atoms with van der Waals surface area (Å²) in [5.74, 6) is 7.74. The Bertz CT molecular complexity index is 2360. The fourth-order valence-corrected chi connectivity index (χ4v) is 13.0. The maximum absolute atomic E-state index is 5.99. The molecule has 6 nitrogen and oxygen atoms in total. The Kier molecular flexibility index (Phi) is 11.0. The van der Waals surface area contributed by atoms with E-state index >= 15 is 0 Å². The number of ether oxygens (including phenoxy) is 1. The van der Waals surface area contributed by atoms with Gasteiger partial charge in [-0.1, -0.05) is 0 Å². The fourth-order valence-electron chi connectivity index (χ4n) is 6.71. The van der Waals surface area contributed by atoms with E-state index in [4.69, 9.17) is 23.7 Å². The zero-order valence-electron chi connectivity index (χ0n) is 29.5. The fraction of sp³-hybridized carbons (Fsp3) is 0.186. The molecule has 2 aliphatic heterocycles. The maximum atomic E-state index is 5.99. The summed E-state index contributed by atoms with van der Waals surface area (Å²) in [6.07, 6.45) is 8.42. The number of aromatic nitrogens is 3. The number of nitrogens with zero attached hydrogens (tertiary/aromatic N) is 5. The SMILES string of the molecule is CC=C1COCC1=CC(C#Cc1c2c(c(/C=C/C)c3nn(CC(C)C)nc13)N=S=N2)=C([C]#[Os])[P+](c1ccccc1)(c1ccccc1)c1ccccc1. The summed E-state index contributed by atoms with van der Waals surface area (Å²) < 4.78 is 19.3. The molecule has 0 spiro atoms. The van der Waals surface area contributed by atoms with E-state index in [-0.39, 0.29) is 0 Å². The van der Waals surface area contributed by atoms with Crippen LogP contribution in [-0.4, -0.2) is 28.2 Å². The number of hydrogen-bond acceptors (Lipinski definition) is 5. The second-order valence-corrected chi connectivity index (χ2v) is 17.4.